The molecule has 0 aromatic heterocycles. The van der Waals surface area contributed by atoms with E-state index < -0.39 is 7.25 Å². The van der Waals surface area contributed by atoms with Crippen LogP contribution in [0.5, 0.6) is 0 Å². The Morgan fingerprint density at radius 3 is 1.25 bits per heavy atom. The third-order valence-electron chi connectivity index (χ3n) is 0. The zero-order chi connectivity index (χ0) is 7.21. The van der Waals surface area contributed by atoms with Crippen molar-refractivity contribution in [1.82, 2.24) is 0 Å². The topological polar surface area (TPSA) is 19.9 Å². The quantitative estimate of drug-likeness (QED) is 0.353. The van der Waals surface area contributed by atoms with Gasteiger partial charge in [0.25, 0.3) is 0 Å². The van der Waals surface area contributed by atoms with Gasteiger partial charge in [-0.15, -0.1) is 0 Å². The molecule has 0 aromatic rings. The minimum absolute atomic E-state index is 0. The highest BCUT2D eigenvalue weighted by atomic mass is 19.5. The molecule has 0 aromatic carbocycles. The third-order valence-corrected chi connectivity index (χ3v) is 0. The van der Waals surface area contributed by atoms with Gasteiger partial charge in [0, 0.05) is 0 Å². The van der Waals surface area contributed by atoms with Gasteiger partial charge in [-0.25, -0.2) is 5.11 Å². The van der Waals surface area contributed by atoms with Gasteiger partial charge < -0.3 is 17.3 Å². The molecule has 0 fully saturated rings. The van der Waals surface area contributed by atoms with Crippen molar-refractivity contribution < 1.29 is 22.4 Å². The first-order valence-electron chi connectivity index (χ1n) is 1.87. The molecule has 0 aliphatic rings. The monoisotopic (exact) mass is 132 g/mol. The molecule has 0 saturated carbocycles. The molecule has 0 amide bonds. The van der Waals surface area contributed by atoms with Crippen LogP contribution in [-0.2, 0) is 5.11 Å². The third kappa shape index (κ3) is 1990. The molecule has 1 nitrogen and oxygen atoms in total. The summed E-state index contributed by atoms with van der Waals surface area (Å²) in [5.41, 5.74) is 0. The molecule has 0 rings (SSSR count). The predicted molar refractivity (Wildman–Crippen MR) is 21.4 cm³/mol. The summed E-state index contributed by atoms with van der Waals surface area (Å²) in [4.78, 5) is 0. The van der Waals surface area contributed by atoms with Crippen LogP contribution in [0.25, 0.3) is 0 Å². The molecule has 6 heteroatoms. The van der Waals surface area contributed by atoms with E-state index >= 15 is 0 Å². The lowest BCUT2D eigenvalue weighted by Gasteiger charge is -1.94. The van der Waals surface area contributed by atoms with Crippen LogP contribution in [0.15, 0.2) is 0 Å². The zero-order valence-corrected chi connectivity index (χ0v) is 4.20. The van der Waals surface area contributed by atoms with E-state index in [1.807, 2.05) is 0 Å². The molecule has 0 aliphatic carbocycles. The second kappa shape index (κ2) is 4.89. The molecule has 0 N–H and O–H groups in total. The standard InChI is InChI=1S/C2H5O.BF4/c1-2-3;2-1(3,4)5/h2H2,1H3;/q;-1. The molecule has 8 heavy (non-hydrogen) atoms. The van der Waals surface area contributed by atoms with E-state index in [-0.39, 0.29) is 6.61 Å². The van der Waals surface area contributed by atoms with Crippen molar-refractivity contribution in [2.24, 2.45) is 0 Å². The van der Waals surface area contributed by atoms with Crippen molar-refractivity contribution in [3.8, 4) is 0 Å². The van der Waals surface area contributed by atoms with Crippen LogP contribution >= 0.6 is 0 Å². The molecular weight excluding hydrogens is 127 g/mol. The minimum atomic E-state index is -6.00. The maximum Gasteiger partial charge on any atom is 0.673 e. The fraction of sp³-hybridized carbons (Fsp3) is 1.00. The molecular formula is C2H5BF4O-. The molecule has 0 atom stereocenters. The number of hydrogen-bond donors (Lipinski definition) is 0. The van der Waals surface area contributed by atoms with E-state index in [2.05, 4.69) is 0 Å². The Kier molecular flexibility index (Phi) is 6.53. The Hall–Kier alpha value is -0.255. The van der Waals surface area contributed by atoms with Gasteiger partial charge in [0.05, 0.1) is 6.61 Å². The highest BCUT2D eigenvalue weighted by molar-refractivity contribution is 6.50. The number of halogens is 4. The number of rotatable bonds is 0. The van der Waals surface area contributed by atoms with Crippen molar-refractivity contribution in [3.63, 3.8) is 0 Å². The van der Waals surface area contributed by atoms with Crippen molar-refractivity contribution in [1.29, 1.82) is 0 Å². The molecule has 0 spiro atoms. The lowest BCUT2D eigenvalue weighted by atomic mass is 10.3. The van der Waals surface area contributed by atoms with E-state index in [9.17, 15) is 17.3 Å². The summed E-state index contributed by atoms with van der Waals surface area (Å²) in [5.74, 6) is 0. The van der Waals surface area contributed by atoms with Gasteiger partial charge in [-0.05, 0) is 6.92 Å². The van der Waals surface area contributed by atoms with Gasteiger partial charge >= 0.3 is 7.25 Å². The van der Waals surface area contributed by atoms with Gasteiger partial charge in [-0.3, -0.25) is 0 Å². The second-order valence-corrected chi connectivity index (χ2v) is 0.784. The summed E-state index contributed by atoms with van der Waals surface area (Å²) < 4.78 is 39.0. The van der Waals surface area contributed by atoms with Crippen LogP contribution in [0, 0.1) is 0 Å². The average molecular weight is 132 g/mol. The van der Waals surface area contributed by atoms with E-state index in [1.54, 1.807) is 6.92 Å². The molecule has 0 unspecified atom stereocenters. The van der Waals surface area contributed by atoms with E-state index in [0.717, 1.165) is 0 Å². The Labute approximate surface area is 44.4 Å². The molecule has 0 aliphatic heterocycles. The van der Waals surface area contributed by atoms with Crippen LogP contribution in [0.2, 0.25) is 0 Å². The predicted octanol–water partition coefficient (Wildman–Crippen LogP) is 1.74. The largest absolute Gasteiger partial charge is 0.673 e. The first-order chi connectivity index (χ1) is 3.41. The summed E-state index contributed by atoms with van der Waals surface area (Å²) in [6.45, 7) is 1.57. The summed E-state index contributed by atoms with van der Waals surface area (Å²) in [6, 6.07) is 0. The van der Waals surface area contributed by atoms with Crippen molar-refractivity contribution >= 4 is 7.25 Å². The highest BCUT2D eigenvalue weighted by Gasteiger charge is 2.20. The van der Waals surface area contributed by atoms with Gasteiger partial charge in [0.15, 0.2) is 0 Å². The van der Waals surface area contributed by atoms with Crippen molar-refractivity contribution in [3.05, 3.63) is 0 Å². The van der Waals surface area contributed by atoms with Crippen LogP contribution in [0.1, 0.15) is 6.92 Å². The lowest BCUT2D eigenvalue weighted by Crippen LogP contribution is -2.02. The zero-order valence-electron chi connectivity index (χ0n) is 4.20. The van der Waals surface area contributed by atoms with Crippen LogP contribution < -0.4 is 0 Å². The SMILES string of the molecule is CC[O].F[B-](F)(F)F. The Morgan fingerprint density at radius 1 is 1.25 bits per heavy atom. The summed E-state index contributed by atoms with van der Waals surface area (Å²) in [5, 5.41) is 8.93. The summed E-state index contributed by atoms with van der Waals surface area (Å²) in [7, 11) is -6.00. The Balaban J connectivity index is 0. The molecule has 0 heterocycles. The number of hydrogen-bond acceptors (Lipinski definition) is 0. The van der Waals surface area contributed by atoms with E-state index in [0.29, 0.717) is 0 Å². The van der Waals surface area contributed by atoms with Gasteiger partial charge in [0.2, 0.25) is 0 Å². The fourth-order valence-electron chi connectivity index (χ4n) is 0. The highest BCUT2D eigenvalue weighted by Crippen LogP contribution is 2.06. The molecule has 0 bridgehead atoms. The van der Waals surface area contributed by atoms with Crippen LogP contribution in [0.4, 0.5) is 17.3 Å². The van der Waals surface area contributed by atoms with Crippen molar-refractivity contribution in [2.75, 3.05) is 6.61 Å². The first kappa shape index (κ1) is 10.7. The second-order valence-electron chi connectivity index (χ2n) is 0.784. The summed E-state index contributed by atoms with van der Waals surface area (Å²) >= 11 is 0. The smallest absolute Gasteiger partial charge is 0.418 e. The van der Waals surface area contributed by atoms with Crippen LogP contribution in [-0.4, -0.2) is 13.9 Å². The Morgan fingerprint density at radius 2 is 1.25 bits per heavy atom. The molecule has 1 radical (unpaired) electrons. The maximum atomic E-state index is 9.75. The lowest BCUT2D eigenvalue weighted by molar-refractivity contribution is 0.212. The first-order valence-corrected chi connectivity index (χ1v) is 1.87. The normalized spacial score (nSPS) is 9.75. The van der Waals surface area contributed by atoms with Gasteiger partial charge in [0.1, 0.15) is 0 Å². The van der Waals surface area contributed by atoms with E-state index in [1.165, 1.54) is 0 Å². The van der Waals surface area contributed by atoms with Crippen LogP contribution in [0.3, 0.4) is 0 Å². The van der Waals surface area contributed by atoms with Crippen molar-refractivity contribution in [2.45, 2.75) is 6.92 Å². The minimum Gasteiger partial charge on any atom is -0.418 e. The molecule has 0 saturated heterocycles. The van der Waals surface area contributed by atoms with Gasteiger partial charge in [-0.1, -0.05) is 0 Å². The maximum absolute atomic E-state index is 9.75. The average Bonchev–Trinajstić information content (AvgIpc) is 1.27. The fourth-order valence-corrected chi connectivity index (χ4v) is 0. The summed E-state index contributed by atoms with van der Waals surface area (Å²) in [6.07, 6.45) is 0. The molecule has 51 valence electrons. The van der Waals surface area contributed by atoms with Gasteiger partial charge in [-0.2, -0.15) is 0 Å². The van der Waals surface area contributed by atoms with E-state index in [4.69, 9.17) is 5.11 Å². The Bertz CT molecular complexity index is 37.8.